The predicted molar refractivity (Wildman–Crippen MR) is 91.8 cm³/mol. The molecule has 1 saturated carbocycles. The van der Waals surface area contributed by atoms with E-state index in [1.54, 1.807) is 0 Å². The van der Waals surface area contributed by atoms with E-state index in [1.165, 1.54) is 39.8 Å². The van der Waals surface area contributed by atoms with Crippen LogP contribution in [0.5, 0.6) is 0 Å². The molecule has 0 aliphatic heterocycles. The lowest BCUT2D eigenvalue weighted by Gasteiger charge is -2.25. The summed E-state index contributed by atoms with van der Waals surface area (Å²) in [6.07, 6.45) is 5.50. The molecule has 1 aromatic heterocycles. The summed E-state index contributed by atoms with van der Waals surface area (Å²) in [5, 5.41) is 5.96. The van der Waals surface area contributed by atoms with E-state index >= 15 is 0 Å². The molecule has 3 heteroatoms. The number of anilines is 1. The number of nitrogens with one attached hydrogen (secondary N) is 1. The van der Waals surface area contributed by atoms with Gasteiger partial charge in [-0.1, -0.05) is 25.0 Å². The molecule has 1 aliphatic carbocycles. The molecule has 2 aromatic rings. The first-order valence-electron chi connectivity index (χ1n) is 6.88. The highest BCUT2D eigenvalue weighted by atomic mass is 127. The Kier molecular flexibility index (Phi) is 4.43. The number of hydrogen-bond acceptors (Lipinski definition) is 2. The monoisotopic (exact) mass is 383 g/mol. The summed E-state index contributed by atoms with van der Waals surface area (Å²) in [5.41, 5.74) is 1.25. The maximum absolute atomic E-state index is 3.77. The smallest absolute Gasteiger partial charge is 0.0634 e. The van der Waals surface area contributed by atoms with Gasteiger partial charge >= 0.3 is 0 Å². The normalized spacial score (nSPS) is 17.5. The Morgan fingerprint density at radius 1 is 1.16 bits per heavy atom. The van der Waals surface area contributed by atoms with Gasteiger partial charge in [0.1, 0.15) is 0 Å². The average Bonchev–Trinajstić information content (AvgIpc) is 3.10. The number of halogens is 1. The summed E-state index contributed by atoms with van der Waals surface area (Å²) in [6.45, 7) is 0. The molecule has 1 heterocycles. The van der Waals surface area contributed by atoms with Crippen LogP contribution in [0.4, 0.5) is 5.69 Å². The Hall–Kier alpha value is -0.550. The standard InChI is InChI=1S/C16H18INS/c17-13-7-3-8-14(11-13)18-16(12-5-1-2-6-12)15-9-4-10-19-15/h3-4,7-12,16,18H,1-2,5-6H2. The minimum atomic E-state index is 0.487. The molecule has 1 fully saturated rings. The molecule has 0 radical (unpaired) electrons. The van der Waals surface area contributed by atoms with Crippen LogP contribution < -0.4 is 5.32 Å². The highest BCUT2D eigenvalue weighted by Gasteiger charge is 2.26. The second-order valence-electron chi connectivity index (χ2n) is 5.19. The maximum atomic E-state index is 3.77. The van der Waals surface area contributed by atoms with Crippen molar-refractivity contribution in [2.24, 2.45) is 5.92 Å². The quantitative estimate of drug-likeness (QED) is 0.669. The molecule has 1 aliphatic rings. The van der Waals surface area contributed by atoms with Gasteiger partial charge in [0.25, 0.3) is 0 Å². The fourth-order valence-corrected chi connectivity index (χ4v) is 4.35. The number of rotatable bonds is 4. The van der Waals surface area contributed by atoms with Crippen molar-refractivity contribution in [1.82, 2.24) is 0 Å². The van der Waals surface area contributed by atoms with Crippen LogP contribution in [-0.2, 0) is 0 Å². The van der Waals surface area contributed by atoms with Gasteiger partial charge in [0.05, 0.1) is 6.04 Å². The Morgan fingerprint density at radius 3 is 2.68 bits per heavy atom. The molecule has 0 spiro atoms. The van der Waals surface area contributed by atoms with Crippen molar-refractivity contribution in [1.29, 1.82) is 0 Å². The summed E-state index contributed by atoms with van der Waals surface area (Å²) >= 11 is 4.25. The molecule has 1 aromatic carbocycles. The molecule has 3 rings (SSSR count). The van der Waals surface area contributed by atoms with E-state index in [0.29, 0.717) is 6.04 Å². The van der Waals surface area contributed by atoms with Gasteiger partial charge in [-0.25, -0.2) is 0 Å². The first-order chi connectivity index (χ1) is 9.33. The van der Waals surface area contributed by atoms with E-state index in [0.717, 1.165) is 5.92 Å². The van der Waals surface area contributed by atoms with Crippen molar-refractivity contribution < 1.29 is 0 Å². The minimum absolute atomic E-state index is 0.487. The zero-order valence-corrected chi connectivity index (χ0v) is 13.8. The summed E-state index contributed by atoms with van der Waals surface area (Å²) in [5.74, 6) is 0.788. The molecule has 100 valence electrons. The van der Waals surface area contributed by atoms with Gasteiger partial charge in [0.15, 0.2) is 0 Å². The average molecular weight is 383 g/mol. The minimum Gasteiger partial charge on any atom is -0.377 e. The molecule has 19 heavy (non-hydrogen) atoms. The van der Waals surface area contributed by atoms with Crippen LogP contribution in [0.1, 0.15) is 36.6 Å². The van der Waals surface area contributed by atoms with Crippen LogP contribution >= 0.6 is 33.9 Å². The Morgan fingerprint density at radius 2 is 2.00 bits per heavy atom. The van der Waals surface area contributed by atoms with Crippen LogP contribution in [0.25, 0.3) is 0 Å². The molecule has 0 saturated heterocycles. The molecule has 1 nitrogen and oxygen atoms in total. The van der Waals surface area contributed by atoms with Gasteiger partial charge in [0.2, 0.25) is 0 Å². The fourth-order valence-electron chi connectivity index (χ4n) is 2.94. The number of benzene rings is 1. The van der Waals surface area contributed by atoms with E-state index in [9.17, 15) is 0 Å². The third-order valence-electron chi connectivity index (χ3n) is 3.87. The van der Waals surface area contributed by atoms with E-state index in [1.807, 2.05) is 11.3 Å². The molecule has 1 atom stereocenters. The predicted octanol–water partition coefficient (Wildman–Crippen LogP) is 5.70. The topological polar surface area (TPSA) is 12.0 Å². The maximum Gasteiger partial charge on any atom is 0.0634 e. The fraction of sp³-hybridized carbons (Fsp3) is 0.375. The second kappa shape index (κ2) is 6.27. The SMILES string of the molecule is Ic1cccc(NC(c2cccs2)C2CCCC2)c1. The molecule has 0 amide bonds. The summed E-state index contributed by atoms with van der Waals surface area (Å²) in [7, 11) is 0. The van der Waals surface area contributed by atoms with Crippen LogP contribution in [-0.4, -0.2) is 0 Å². The Bertz CT molecular complexity index is 517. The summed E-state index contributed by atoms with van der Waals surface area (Å²) in [6, 6.07) is 13.6. The van der Waals surface area contributed by atoms with Gasteiger partial charge in [-0.2, -0.15) is 0 Å². The molecule has 1 unspecified atom stereocenters. The Balaban J connectivity index is 1.83. The van der Waals surface area contributed by atoms with Gasteiger partial charge in [-0.3, -0.25) is 0 Å². The highest BCUT2D eigenvalue weighted by molar-refractivity contribution is 14.1. The van der Waals surface area contributed by atoms with Crippen molar-refractivity contribution in [2.75, 3.05) is 5.32 Å². The van der Waals surface area contributed by atoms with Crippen molar-refractivity contribution in [2.45, 2.75) is 31.7 Å². The lowest BCUT2D eigenvalue weighted by Crippen LogP contribution is -2.18. The lowest BCUT2D eigenvalue weighted by molar-refractivity contribution is 0.475. The molecule has 0 bridgehead atoms. The van der Waals surface area contributed by atoms with Gasteiger partial charge in [-0.15, -0.1) is 11.3 Å². The highest BCUT2D eigenvalue weighted by Crippen LogP contribution is 2.39. The largest absolute Gasteiger partial charge is 0.377 e. The van der Waals surface area contributed by atoms with E-state index in [4.69, 9.17) is 0 Å². The van der Waals surface area contributed by atoms with Crippen LogP contribution in [0, 0.1) is 9.49 Å². The van der Waals surface area contributed by atoms with E-state index in [-0.39, 0.29) is 0 Å². The Labute approximate surface area is 132 Å². The first-order valence-corrected chi connectivity index (χ1v) is 8.84. The van der Waals surface area contributed by atoms with Gasteiger partial charge in [-0.05, 0) is 71.0 Å². The lowest BCUT2D eigenvalue weighted by atomic mass is 9.96. The van der Waals surface area contributed by atoms with Crippen molar-refractivity contribution in [3.63, 3.8) is 0 Å². The molecular weight excluding hydrogens is 365 g/mol. The van der Waals surface area contributed by atoms with Crippen molar-refractivity contribution >= 4 is 39.6 Å². The van der Waals surface area contributed by atoms with Gasteiger partial charge in [0, 0.05) is 14.1 Å². The van der Waals surface area contributed by atoms with Gasteiger partial charge < -0.3 is 5.32 Å². The van der Waals surface area contributed by atoms with Crippen molar-refractivity contribution in [3.05, 3.63) is 50.2 Å². The van der Waals surface area contributed by atoms with Crippen LogP contribution in [0.3, 0.4) is 0 Å². The first kappa shape index (κ1) is 13.4. The summed E-state index contributed by atoms with van der Waals surface area (Å²) < 4.78 is 1.29. The number of hydrogen-bond donors (Lipinski definition) is 1. The van der Waals surface area contributed by atoms with Crippen molar-refractivity contribution in [3.8, 4) is 0 Å². The zero-order valence-electron chi connectivity index (χ0n) is 10.8. The third-order valence-corrected chi connectivity index (χ3v) is 5.49. The van der Waals surface area contributed by atoms with Crippen LogP contribution in [0.15, 0.2) is 41.8 Å². The van der Waals surface area contributed by atoms with E-state index < -0.39 is 0 Å². The summed E-state index contributed by atoms with van der Waals surface area (Å²) in [4.78, 5) is 1.48. The molecular formula is C16H18INS. The third kappa shape index (κ3) is 3.31. The van der Waals surface area contributed by atoms with E-state index in [2.05, 4.69) is 69.7 Å². The number of thiophene rings is 1. The zero-order chi connectivity index (χ0) is 13.1. The van der Waals surface area contributed by atoms with Crippen LogP contribution in [0.2, 0.25) is 0 Å². The molecule has 1 N–H and O–H groups in total. The second-order valence-corrected chi connectivity index (χ2v) is 7.42.